The van der Waals surface area contributed by atoms with Crippen LogP contribution in [0.1, 0.15) is 57.9 Å². The topological polar surface area (TPSA) is 55.1 Å². The van der Waals surface area contributed by atoms with Crippen molar-refractivity contribution in [1.29, 1.82) is 0 Å². The first-order valence-electron chi connectivity index (χ1n) is 12.4. The largest absolute Gasteiger partial charge is 0.304 e. The zero-order valence-electron chi connectivity index (χ0n) is 20.1. The number of nitrogens with zero attached hydrogens (tertiary/aromatic N) is 4. The van der Waals surface area contributed by atoms with Gasteiger partial charge >= 0.3 is 0 Å². The molecule has 1 aliphatic carbocycles. The van der Waals surface area contributed by atoms with Gasteiger partial charge in [-0.05, 0) is 55.6 Å². The standard InChI is InChI=1S/C27H34ClN5S/c1-3-24(29-19-20-15-17-22(28)18-16-20)26(30-23-13-9-6-10-14-23)34-27-32-31-25(33(27)4-2)21-11-7-5-8-12-21/h5,7-8,11-12,15-18,23-24,29H,3-4,6,9-10,13-14,19H2,1-2H3. The van der Waals surface area contributed by atoms with Crippen LogP contribution in [0.4, 0.5) is 0 Å². The van der Waals surface area contributed by atoms with Gasteiger partial charge in [0.2, 0.25) is 0 Å². The highest BCUT2D eigenvalue weighted by Crippen LogP contribution is 2.29. The predicted molar refractivity (Wildman–Crippen MR) is 144 cm³/mol. The van der Waals surface area contributed by atoms with Gasteiger partial charge < -0.3 is 9.88 Å². The highest BCUT2D eigenvalue weighted by Gasteiger charge is 2.23. The molecule has 3 aromatic rings. The van der Waals surface area contributed by atoms with Crippen molar-refractivity contribution in [3.8, 4) is 11.4 Å². The monoisotopic (exact) mass is 495 g/mol. The van der Waals surface area contributed by atoms with Gasteiger partial charge in [-0.15, -0.1) is 10.2 Å². The second-order valence-corrected chi connectivity index (χ2v) is 10.2. The number of hydrogen-bond acceptors (Lipinski definition) is 5. The van der Waals surface area contributed by atoms with Gasteiger partial charge in [0, 0.05) is 23.7 Å². The molecular weight excluding hydrogens is 462 g/mol. The van der Waals surface area contributed by atoms with Gasteiger partial charge in [0.25, 0.3) is 0 Å². The van der Waals surface area contributed by atoms with E-state index >= 15 is 0 Å². The Morgan fingerprint density at radius 1 is 1.06 bits per heavy atom. The summed E-state index contributed by atoms with van der Waals surface area (Å²) in [5, 5.41) is 15.7. The smallest absolute Gasteiger partial charge is 0.197 e. The van der Waals surface area contributed by atoms with Crippen molar-refractivity contribution >= 4 is 28.4 Å². The van der Waals surface area contributed by atoms with E-state index in [4.69, 9.17) is 16.6 Å². The maximum absolute atomic E-state index is 6.07. The van der Waals surface area contributed by atoms with Crippen LogP contribution in [0, 0.1) is 0 Å². The van der Waals surface area contributed by atoms with E-state index in [1.165, 1.54) is 37.7 Å². The Labute approximate surface area is 212 Å². The predicted octanol–water partition coefficient (Wildman–Crippen LogP) is 7.01. The second-order valence-electron chi connectivity index (χ2n) is 8.75. The van der Waals surface area contributed by atoms with Crippen LogP contribution in [0.2, 0.25) is 5.02 Å². The molecule has 1 fully saturated rings. The Hall–Kier alpha value is -2.15. The highest BCUT2D eigenvalue weighted by atomic mass is 35.5. The number of nitrogens with one attached hydrogen (secondary N) is 1. The molecule has 1 saturated carbocycles. The molecule has 1 aromatic heterocycles. The fraction of sp³-hybridized carbons (Fsp3) is 0.444. The van der Waals surface area contributed by atoms with Crippen LogP contribution in [-0.4, -0.2) is 31.9 Å². The average Bonchev–Trinajstić information content (AvgIpc) is 3.29. The molecule has 1 aliphatic rings. The summed E-state index contributed by atoms with van der Waals surface area (Å²) < 4.78 is 2.20. The minimum Gasteiger partial charge on any atom is -0.304 e. The van der Waals surface area contributed by atoms with Crippen molar-refractivity contribution in [3.05, 3.63) is 65.2 Å². The van der Waals surface area contributed by atoms with Gasteiger partial charge in [-0.2, -0.15) is 0 Å². The van der Waals surface area contributed by atoms with Crippen LogP contribution >= 0.6 is 23.4 Å². The van der Waals surface area contributed by atoms with Crippen LogP contribution in [-0.2, 0) is 13.1 Å². The molecule has 0 spiro atoms. The Balaban J connectivity index is 1.58. The van der Waals surface area contributed by atoms with Crippen molar-refractivity contribution < 1.29 is 0 Å². The number of thioether (sulfide) groups is 1. The zero-order valence-corrected chi connectivity index (χ0v) is 21.7. The number of aromatic nitrogens is 3. The zero-order chi connectivity index (χ0) is 23.8. The third-order valence-corrected chi connectivity index (χ3v) is 7.65. The first-order valence-corrected chi connectivity index (χ1v) is 13.6. The minimum atomic E-state index is 0.157. The second kappa shape index (κ2) is 12.5. The fourth-order valence-electron chi connectivity index (χ4n) is 4.37. The molecule has 0 radical (unpaired) electrons. The Morgan fingerprint density at radius 2 is 1.79 bits per heavy atom. The summed E-state index contributed by atoms with van der Waals surface area (Å²) in [5.74, 6) is 0.907. The van der Waals surface area contributed by atoms with E-state index in [0.29, 0.717) is 6.04 Å². The van der Waals surface area contributed by atoms with E-state index in [9.17, 15) is 0 Å². The highest BCUT2D eigenvalue weighted by molar-refractivity contribution is 8.14. The lowest BCUT2D eigenvalue weighted by molar-refractivity contribution is 0.442. The third-order valence-electron chi connectivity index (χ3n) is 6.32. The number of aliphatic imine (C=N–C) groups is 1. The van der Waals surface area contributed by atoms with Crippen molar-refractivity contribution in [2.45, 2.75) is 82.7 Å². The molecule has 0 saturated heterocycles. The summed E-state index contributed by atoms with van der Waals surface area (Å²) in [4.78, 5) is 5.30. The van der Waals surface area contributed by atoms with E-state index in [1.54, 1.807) is 11.8 Å². The van der Waals surface area contributed by atoms with E-state index in [2.05, 4.69) is 58.2 Å². The lowest BCUT2D eigenvalue weighted by Gasteiger charge is -2.24. The van der Waals surface area contributed by atoms with E-state index in [0.717, 1.165) is 46.1 Å². The van der Waals surface area contributed by atoms with Crippen molar-refractivity contribution in [1.82, 2.24) is 20.1 Å². The molecule has 0 aliphatic heterocycles. The van der Waals surface area contributed by atoms with Crippen LogP contribution < -0.4 is 5.32 Å². The lowest BCUT2D eigenvalue weighted by Crippen LogP contribution is -2.35. The molecular formula is C27H34ClN5S. The summed E-state index contributed by atoms with van der Waals surface area (Å²) >= 11 is 7.74. The van der Waals surface area contributed by atoms with E-state index in [1.807, 2.05) is 30.3 Å². The van der Waals surface area contributed by atoms with Crippen LogP contribution in [0.5, 0.6) is 0 Å². The van der Waals surface area contributed by atoms with Crippen LogP contribution in [0.25, 0.3) is 11.4 Å². The van der Waals surface area contributed by atoms with Gasteiger partial charge in [0.1, 0.15) is 0 Å². The molecule has 1 N–H and O–H groups in total. The first kappa shape index (κ1) is 25.0. The number of benzene rings is 2. The van der Waals surface area contributed by atoms with Gasteiger partial charge in [-0.3, -0.25) is 4.99 Å². The molecule has 1 heterocycles. The van der Waals surface area contributed by atoms with Crippen LogP contribution in [0.3, 0.4) is 0 Å². The number of halogens is 1. The summed E-state index contributed by atoms with van der Waals surface area (Å²) in [6, 6.07) is 18.9. The van der Waals surface area contributed by atoms with E-state index in [-0.39, 0.29) is 6.04 Å². The van der Waals surface area contributed by atoms with E-state index < -0.39 is 0 Å². The van der Waals surface area contributed by atoms with Crippen LogP contribution in [0.15, 0.2) is 64.7 Å². The molecule has 5 nitrogen and oxygen atoms in total. The van der Waals surface area contributed by atoms with Crippen molar-refractivity contribution in [2.75, 3.05) is 0 Å². The SMILES string of the molecule is CCC(NCc1ccc(Cl)cc1)C(=NC1CCCCC1)Sc1nnc(-c2ccccc2)n1CC. The summed E-state index contributed by atoms with van der Waals surface area (Å²) in [7, 11) is 0. The number of hydrogen-bond donors (Lipinski definition) is 1. The molecule has 4 rings (SSSR count). The third kappa shape index (κ3) is 6.49. The summed E-state index contributed by atoms with van der Waals surface area (Å²) in [5.41, 5.74) is 2.30. The molecule has 1 atom stereocenters. The quantitative estimate of drug-likeness (QED) is 0.197. The van der Waals surface area contributed by atoms with Gasteiger partial charge in [-0.25, -0.2) is 0 Å². The maximum atomic E-state index is 6.07. The number of rotatable bonds is 9. The van der Waals surface area contributed by atoms with Gasteiger partial charge in [0.15, 0.2) is 11.0 Å². The molecule has 34 heavy (non-hydrogen) atoms. The Bertz CT molecular complexity index is 1060. The van der Waals surface area contributed by atoms with Gasteiger partial charge in [0.05, 0.1) is 17.1 Å². The maximum Gasteiger partial charge on any atom is 0.197 e. The summed E-state index contributed by atoms with van der Waals surface area (Å²) in [6.45, 7) is 5.95. The summed E-state index contributed by atoms with van der Waals surface area (Å²) in [6.07, 6.45) is 7.17. The Kier molecular flexibility index (Phi) is 9.19. The minimum absolute atomic E-state index is 0.157. The van der Waals surface area contributed by atoms with Crippen molar-refractivity contribution in [3.63, 3.8) is 0 Å². The molecule has 0 amide bonds. The van der Waals surface area contributed by atoms with Crippen molar-refractivity contribution in [2.24, 2.45) is 4.99 Å². The first-order chi connectivity index (χ1) is 16.7. The lowest BCUT2D eigenvalue weighted by atomic mass is 9.96. The van der Waals surface area contributed by atoms with Gasteiger partial charge in [-0.1, -0.05) is 80.3 Å². The molecule has 7 heteroatoms. The molecule has 0 bridgehead atoms. The molecule has 2 aromatic carbocycles. The molecule has 1 unspecified atom stereocenters. The molecule has 180 valence electrons. The average molecular weight is 496 g/mol. The Morgan fingerprint density at radius 3 is 2.47 bits per heavy atom. The fourth-order valence-corrected chi connectivity index (χ4v) is 5.69. The normalized spacial score (nSPS) is 16.0.